The van der Waals surface area contributed by atoms with E-state index < -0.39 is 7.91 Å². The average molecular weight is 189 g/mol. The first-order chi connectivity index (χ1) is 2.56. The first kappa shape index (κ1) is 16.3. The second kappa shape index (κ2) is 6.78. The molecule has 0 aliphatic carbocycles. The fourth-order valence-corrected chi connectivity index (χ4v) is 0. The predicted octanol–water partition coefficient (Wildman–Crippen LogP) is 0.0517. The molecule has 7 heteroatoms. The molecule has 0 fully saturated rings. The molecule has 0 saturated heterocycles. The molecule has 0 saturated carbocycles. The SMILES string of the molecule is COP(=O)(O)F.[NaH].[V]. The topological polar surface area (TPSA) is 46.5 Å². The number of hydrogen-bond acceptors (Lipinski definition) is 2. The quantitative estimate of drug-likeness (QED) is 0.468. The molecule has 8 heavy (non-hydrogen) atoms. The van der Waals surface area contributed by atoms with E-state index in [4.69, 9.17) is 4.89 Å². The summed E-state index contributed by atoms with van der Waals surface area (Å²) >= 11 is 0. The maximum Gasteiger partial charge on any atom is 0 e. The van der Waals surface area contributed by atoms with Gasteiger partial charge in [0.05, 0.1) is 0 Å². The summed E-state index contributed by atoms with van der Waals surface area (Å²) in [5.41, 5.74) is 0. The Balaban J connectivity index is -0.000000125. The van der Waals surface area contributed by atoms with Gasteiger partial charge in [0.25, 0.3) is 0 Å². The Kier molecular flexibility index (Phi) is 13.8. The zero-order chi connectivity index (χ0) is 5.21. The molecular weight excluding hydrogens is 184 g/mol. The van der Waals surface area contributed by atoms with E-state index in [2.05, 4.69) is 4.52 Å². The van der Waals surface area contributed by atoms with Crippen molar-refractivity contribution in [2.45, 2.75) is 0 Å². The van der Waals surface area contributed by atoms with E-state index in [0.29, 0.717) is 0 Å². The summed E-state index contributed by atoms with van der Waals surface area (Å²) < 4.78 is 23.6. The first-order valence-electron chi connectivity index (χ1n) is 1.14. The van der Waals surface area contributed by atoms with Crippen molar-refractivity contribution in [2.75, 3.05) is 7.11 Å². The molecule has 0 spiro atoms. The molecule has 0 rings (SSSR count). The summed E-state index contributed by atoms with van der Waals surface area (Å²) in [6.45, 7) is 0. The molecule has 0 amide bonds. The zero-order valence-corrected chi connectivity index (χ0v) is 5.83. The van der Waals surface area contributed by atoms with E-state index >= 15 is 0 Å². The molecule has 1 radical (unpaired) electrons. The largest absolute Gasteiger partial charge is 0 e. The molecule has 0 bridgehead atoms. The van der Waals surface area contributed by atoms with Gasteiger partial charge in [0.1, 0.15) is 0 Å². The van der Waals surface area contributed by atoms with Crippen LogP contribution in [-0.2, 0) is 27.6 Å². The normalized spacial score (nSPS) is 14.9. The van der Waals surface area contributed by atoms with Gasteiger partial charge in [0, 0.05) is 25.7 Å². The van der Waals surface area contributed by atoms with Crippen molar-refractivity contribution >= 4 is 37.5 Å². The van der Waals surface area contributed by atoms with E-state index in [9.17, 15) is 8.76 Å². The summed E-state index contributed by atoms with van der Waals surface area (Å²) in [7, 11) is -3.83. The Morgan fingerprint density at radius 1 is 1.75 bits per heavy atom. The molecule has 0 aliphatic heterocycles. The Morgan fingerprint density at radius 3 is 1.88 bits per heavy atom. The molecule has 0 aromatic rings. The summed E-state index contributed by atoms with van der Waals surface area (Å²) in [5, 5.41) is 0. The van der Waals surface area contributed by atoms with Crippen LogP contribution in [0.1, 0.15) is 0 Å². The number of halogens is 1. The molecule has 3 nitrogen and oxygen atoms in total. The van der Waals surface area contributed by atoms with Gasteiger partial charge < -0.3 is 0 Å². The second-order valence-corrected chi connectivity index (χ2v) is 1.90. The van der Waals surface area contributed by atoms with Crippen molar-refractivity contribution in [2.24, 2.45) is 0 Å². The Morgan fingerprint density at radius 2 is 1.88 bits per heavy atom. The van der Waals surface area contributed by atoms with E-state index in [0.717, 1.165) is 7.11 Å². The summed E-state index contributed by atoms with van der Waals surface area (Å²) in [4.78, 5) is 7.49. The van der Waals surface area contributed by atoms with Crippen molar-refractivity contribution in [3.63, 3.8) is 0 Å². The van der Waals surface area contributed by atoms with Gasteiger partial charge in [-0.05, 0) is 0 Å². The molecule has 0 heterocycles. The molecule has 0 aromatic heterocycles. The third-order valence-electron chi connectivity index (χ3n) is 0.225. The first-order valence-corrected chi connectivity index (χ1v) is 2.61. The van der Waals surface area contributed by atoms with Gasteiger partial charge in [0.15, 0.2) is 0 Å². The maximum atomic E-state index is 11.0. The van der Waals surface area contributed by atoms with Crippen LogP contribution in [0.25, 0.3) is 0 Å². The van der Waals surface area contributed by atoms with Gasteiger partial charge in [-0.15, -0.1) is 4.20 Å². The molecule has 0 aromatic carbocycles. The van der Waals surface area contributed by atoms with Crippen molar-refractivity contribution in [1.82, 2.24) is 0 Å². The van der Waals surface area contributed by atoms with Crippen LogP contribution in [0.3, 0.4) is 0 Å². The van der Waals surface area contributed by atoms with Crippen LogP contribution >= 0.6 is 7.91 Å². The van der Waals surface area contributed by atoms with E-state index in [1.807, 2.05) is 0 Å². The molecule has 1 unspecified atom stereocenters. The minimum atomic E-state index is -4.65. The van der Waals surface area contributed by atoms with E-state index in [-0.39, 0.29) is 48.1 Å². The fraction of sp³-hybridized carbons (Fsp3) is 1.00. The third-order valence-corrected chi connectivity index (χ3v) is 0.676. The monoisotopic (exact) mass is 189 g/mol. The summed E-state index contributed by atoms with van der Waals surface area (Å²) in [6.07, 6.45) is 0. The van der Waals surface area contributed by atoms with Gasteiger partial charge >= 0.3 is 37.5 Å². The molecule has 0 aliphatic rings. The van der Waals surface area contributed by atoms with Crippen LogP contribution in [0.2, 0.25) is 0 Å². The molecular formula is CH5FNaO3PV. The second-order valence-electron chi connectivity index (χ2n) is 0.634. The van der Waals surface area contributed by atoms with Crippen molar-refractivity contribution in [1.29, 1.82) is 0 Å². The van der Waals surface area contributed by atoms with Crippen LogP contribution < -0.4 is 0 Å². The van der Waals surface area contributed by atoms with Crippen LogP contribution in [0.5, 0.6) is 0 Å². The van der Waals surface area contributed by atoms with Crippen LogP contribution in [0, 0.1) is 0 Å². The van der Waals surface area contributed by atoms with Gasteiger partial charge in [-0.2, -0.15) is 0 Å². The van der Waals surface area contributed by atoms with Crippen molar-refractivity contribution in [3.05, 3.63) is 0 Å². The van der Waals surface area contributed by atoms with Crippen molar-refractivity contribution < 1.29 is 36.7 Å². The summed E-state index contributed by atoms with van der Waals surface area (Å²) in [5.74, 6) is 0. The Hall–Kier alpha value is 1.66. The van der Waals surface area contributed by atoms with E-state index in [1.165, 1.54) is 0 Å². The minimum absolute atomic E-state index is 0. The third kappa shape index (κ3) is 15.6. The fourth-order valence-electron chi connectivity index (χ4n) is 0. The minimum Gasteiger partial charge on any atom is 0 e. The molecule has 1 N–H and O–H groups in total. The van der Waals surface area contributed by atoms with Gasteiger partial charge in [-0.25, -0.2) is 4.57 Å². The smallest absolute Gasteiger partial charge is 0 e. The maximum absolute atomic E-state index is 11.0. The molecule has 45 valence electrons. The number of hydrogen-bond donors (Lipinski definition) is 1. The summed E-state index contributed by atoms with van der Waals surface area (Å²) in [6, 6.07) is 0. The average Bonchev–Trinajstić information content (AvgIpc) is 1.35. The van der Waals surface area contributed by atoms with Crippen LogP contribution in [-0.4, -0.2) is 41.6 Å². The number of rotatable bonds is 1. The van der Waals surface area contributed by atoms with E-state index in [1.54, 1.807) is 0 Å². The Bertz CT molecular complexity index is 83.4. The van der Waals surface area contributed by atoms with Gasteiger partial charge in [-0.3, -0.25) is 9.42 Å². The standard InChI is InChI=1S/CH4FO3P.Na.V.H/c1-5-6(2,3)4;;;/h1H3,(H,3,4);;;. The molecule has 1 atom stereocenters. The zero-order valence-electron chi connectivity index (χ0n) is 3.54. The van der Waals surface area contributed by atoms with Gasteiger partial charge in [0.2, 0.25) is 0 Å². The van der Waals surface area contributed by atoms with Crippen LogP contribution in [0.4, 0.5) is 4.20 Å². The predicted molar refractivity (Wildman–Crippen MR) is 25.1 cm³/mol. The van der Waals surface area contributed by atoms with Gasteiger partial charge in [-0.1, -0.05) is 0 Å². The Labute approximate surface area is 80.8 Å². The van der Waals surface area contributed by atoms with Crippen molar-refractivity contribution in [3.8, 4) is 0 Å². The van der Waals surface area contributed by atoms with Crippen LogP contribution in [0.15, 0.2) is 0 Å².